The lowest BCUT2D eigenvalue weighted by molar-refractivity contribution is 0.0734. The molecular weight excluding hydrogens is 468 g/mol. The van der Waals surface area contributed by atoms with Crippen LogP contribution in [0.4, 0.5) is 10.6 Å². The largest absolute Gasteiger partial charge is 0.415 e. The number of aromatic nitrogens is 3. The number of likely N-dealkylation sites (tertiary alicyclic amines) is 1. The molecule has 4 aromatic rings. The molecule has 0 spiro atoms. The predicted octanol–water partition coefficient (Wildman–Crippen LogP) is 4.08. The number of anilines is 1. The van der Waals surface area contributed by atoms with E-state index in [2.05, 4.69) is 10.1 Å². The van der Waals surface area contributed by atoms with Crippen LogP contribution in [0.5, 0.6) is 5.75 Å². The molecule has 1 saturated heterocycles. The summed E-state index contributed by atoms with van der Waals surface area (Å²) in [6.07, 6.45) is 5.39. The minimum absolute atomic E-state index is 0.164. The average Bonchev–Trinajstić information content (AvgIpc) is 3.59. The van der Waals surface area contributed by atoms with Crippen LogP contribution in [0.3, 0.4) is 0 Å². The summed E-state index contributed by atoms with van der Waals surface area (Å²) in [4.78, 5) is 33.7. The Morgan fingerprint density at radius 1 is 1.00 bits per heavy atom. The van der Waals surface area contributed by atoms with Crippen molar-refractivity contribution in [2.24, 2.45) is 7.05 Å². The highest BCUT2D eigenvalue weighted by molar-refractivity contribution is 5.99. The fraction of sp³-hybridized carbons (Fsp3) is 0.214. The first-order chi connectivity index (χ1) is 17.9. The van der Waals surface area contributed by atoms with Crippen molar-refractivity contribution in [3.63, 3.8) is 0 Å². The molecule has 1 fully saturated rings. The van der Waals surface area contributed by atoms with Gasteiger partial charge in [0.05, 0.1) is 17.8 Å². The average molecular weight is 497 g/mol. The number of rotatable bonds is 5. The molecular formula is C28H28N6O3. The fourth-order valence-electron chi connectivity index (χ4n) is 4.49. The molecule has 1 aliphatic rings. The minimum atomic E-state index is -0.437. The van der Waals surface area contributed by atoms with Crippen LogP contribution in [-0.4, -0.2) is 62.7 Å². The number of ether oxygens (including phenoxy) is 1. The van der Waals surface area contributed by atoms with Crippen molar-refractivity contribution in [1.82, 2.24) is 24.6 Å². The van der Waals surface area contributed by atoms with Crippen molar-refractivity contribution in [3.8, 4) is 28.0 Å². The van der Waals surface area contributed by atoms with Gasteiger partial charge in [0, 0.05) is 50.7 Å². The molecule has 3 heterocycles. The van der Waals surface area contributed by atoms with Crippen LogP contribution in [0.2, 0.25) is 0 Å². The maximum absolute atomic E-state index is 13.3. The Balaban J connectivity index is 1.24. The van der Waals surface area contributed by atoms with Gasteiger partial charge in [-0.1, -0.05) is 42.5 Å². The van der Waals surface area contributed by atoms with E-state index in [1.165, 1.54) is 0 Å². The van der Waals surface area contributed by atoms with Gasteiger partial charge in [0.1, 0.15) is 11.6 Å². The number of carbonyl (C=O) groups excluding carboxylic acids is 2. The predicted molar refractivity (Wildman–Crippen MR) is 141 cm³/mol. The molecule has 2 aromatic carbocycles. The Labute approximate surface area is 215 Å². The number of nitrogen functional groups attached to an aromatic ring is 1. The van der Waals surface area contributed by atoms with Crippen LogP contribution < -0.4 is 10.5 Å². The van der Waals surface area contributed by atoms with Gasteiger partial charge in [-0.3, -0.25) is 9.48 Å². The summed E-state index contributed by atoms with van der Waals surface area (Å²) >= 11 is 0. The summed E-state index contributed by atoms with van der Waals surface area (Å²) in [7, 11) is 3.55. The van der Waals surface area contributed by atoms with Crippen molar-refractivity contribution < 1.29 is 14.3 Å². The number of nitrogens with two attached hydrogens (primary N) is 1. The van der Waals surface area contributed by atoms with Crippen molar-refractivity contribution in [2.45, 2.75) is 12.5 Å². The smallest absolute Gasteiger partial charge is 0.410 e. The first-order valence-corrected chi connectivity index (χ1v) is 12.0. The zero-order valence-electron chi connectivity index (χ0n) is 20.7. The molecule has 9 nitrogen and oxygen atoms in total. The summed E-state index contributed by atoms with van der Waals surface area (Å²) in [5.41, 5.74) is 10.00. The lowest BCUT2D eigenvalue weighted by Crippen LogP contribution is -2.41. The molecule has 188 valence electrons. The van der Waals surface area contributed by atoms with Crippen LogP contribution >= 0.6 is 0 Å². The second kappa shape index (κ2) is 10.1. The van der Waals surface area contributed by atoms with E-state index in [9.17, 15) is 9.59 Å². The summed E-state index contributed by atoms with van der Waals surface area (Å²) < 4.78 is 7.35. The Kier molecular flexibility index (Phi) is 6.59. The van der Waals surface area contributed by atoms with Crippen LogP contribution in [0.15, 0.2) is 79.3 Å². The van der Waals surface area contributed by atoms with Gasteiger partial charge in [-0.25, -0.2) is 9.78 Å². The lowest BCUT2D eigenvalue weighted by atomic mass is 10.1. The Morgan fingerprint density at radius 3 is 2.54 bits per heavy atom. The first-order valence-electron chi connectivity index (χ1n) is 12.0. The molecule has 0 aliphatic carbocycles. The van der Waals surface area contributed by atoms with E-state index >= 15 is 0 Å². The third-order valence-corrected chi connectivity index (χ3v) is 6.62. The molecule has 1 aliphatic heterocycles. The number of pyridine rings is 1. The quantitative estimate of drug-likeness (QED) is 0.446. The molecule has 37 heavy (non-hydrogen) atoms. The Bertz CT molecular complexity index is 1430. The third kappa shape index (κ3) is 5.16. The van der Waals surface area contributed by atoms with Gasteiger partial charge in [-0.2, -0.15) is 5.10 Å². The van der Waals surface area contributed by atoms with Crippen LogP contribution in [0, 0.1) is 0 Å². The fourth-order valence-corrected chi connectivity index (χ4v) is 4.49. The van der Waals surface area contributed by atoms with Gasteiger partial charge in [0.15, 0.2) is 0 Å². The van der Waals surface area contributed by atoms with E-state index in [1.807, 2.05) is 61.8 Å². The zero-order chi connectivity index (χ0) is 25.9. The van der Waals surface area contributed by atoms with Crippen molar-refractivity contribution >= 4 is 17.8 Å². The summed E-state index contributed by atoms with van der Waals surface area (Å²) in [6, 6.07) is 18.9. The maximum Gasteiger partial charge on any atom is 0.415 e. The molecule has 9 heteroatoms. The van der Waals surface area contributed by atoms with E-state index < -0.39 is 6.09 Å². The number of likely N-dealkylation sites (N-methyl/N-ethyl adjacent to an activating group) is 1. The van der Waals surface area contributed by atoms with Crippen molar-refractivity contribution in [1.29, 1.82) is 0 Å². The lowest BCUT2D eigenvalue weighted by Gasteiger charge is -2.25. The highest BCUT2D eigenvalue weighted by atomic mass is 16.6. The second-order valence-corrected chi connectivity index (χ2v) is 9.13. The Hall–Kier alpha value is -4.66. The number of aryl methyl sites for hydroxylation is 1. The van der Waals surface area contributed by atoms with Gasteiger partial charge < -0.3 is 20.3 Å². The highest BCUT2D eigenvalue weighted by Gasteiger charge is 2.33. The number of hydrogen-bond donors (Lipinski definition) is 1. The molecule has 1 atom stereocenters. The number of amides is 2. The van der Waals surface area contributed by atoms with Gasteiger partial charge in [0.2, 0.25) is 0 Å². The molecule has 2 aromatic heterocycles. The van der Waals surface area contributed by atoms with Gasteiger partial charge in [-0.15, -0.1) is 0 Å². The molecule has 5 rings (SSSR count). The van der Waals surface area contributed by atoms with Gasteiger partial charge in [-0.05, 0) is 35.7 Å². The van der Waals surface area contributed by atoms with E-state index in [4.69, 9.17) is 10.5 Å². The monoisotopic (exact) mass is 496 g/mol. The van der Waals surface area contributed by atoms with Gasteiger partial charge >= 0.3 is 6.09 Å². The molecule has 0 saturated carbocycles. The van der Waals surface area contributed by atoms with E-state index in [-0.39, 0.29) is 17.8 Å². The highest BCUT2D eigenvalue weighted by Crippen LogP contribution is 2.26. The maximum atomic E-state index is 13.3. The second-order valence-electron chi connectivity index (χ2n) is 9.13. The van der Waals surface area contributed by atoms with Crippen molar-refractivity contribution in [2.75, 3.05) is 25.9 Å². The summed E-state index contributed by atoms with van der Waals surface area (Å²) in [5.74, 6) is 0.397. The standard InChI is InChI=1S/C28H28N6O3/c1-32-17-22(16-31-32)21-14-25(26(29)30-15-21)27(35)33(2)23-11-12-34(18-23)28(36)37-24-10-6-9-20(13-24)19-7-4-3-5-8-19/h3-10,13-17,23H,11-12,18H2,1-2H3,(H2,29,30)/t23-/m1/s1. The number of hydrogen-bond acceptors (Lipinski definition) is 6. The van der Waals surface area contributed by atoms with Crippen LogP contribution in [-0.2, 0) is 7.05 Å². The minimum Gasteiger partial charge on any atom is -0.410 e. The number of nitrogens with zero attached hydrogens (tertiary/aromatic N) is 5. The van der Waals surface area contributed by atoms with Crippen LogP contribution in [0.25, 0.3) is 22.3 Å². The summed E-state index contributed by atoms with van der Waals surface area (Å²) in [5, 5.41) is 4.18. The van der Waals surface area contributed by atoms with Crippen molar-refractivity contribution in [3.05, 3.63) is 84.8 Å². The molecule has 0 unspecified atom stereocenters. The normalized spacial score (nSPS) is 15.0. The summed E-state index contributed by atoms with van der Waals surface area (Å²) in [6.45, 7) is 0.859. The Morgan fingerprint density at radius 2 is 1.78 bits per heavy atom. The van der Waals surface area contributed by atoms with E-state index in [0.717, 1.165) is 22.3 Å². The topological polar surface area (TPSA) is 107 Å². The first kappa shape index (κ1) is 24.1. The van der Waals surface area contributed by atoms with Gasteiger partial charge in [0.25, 0.3) is 5.91 Å². The number of benzene rings is 2. The molecule has 0 radical (unpaired) electrons. The zero-order valence-corrected chi connectivity index (χ0v) is 20.7. The van der Waals surface area contributed by atoms with E-state index in [1.54, 1.807) is 46.1 Å². The SMILES string of the molecule is CN(C(=O)c1cc(-c2cnn(C)c2)cnc1N)[C@@H]1CCN(C(=O)Oc2cccc(-c3ccccc3)c2)C1. The van der Waals surface area contributed by atoms with E-state index in [0.29, 0.717) is 30.8 Å². The molecule has 0 bridgehead atoms. The number of carbonyl (C=O) groups is 2. The molecule has 2 N–H and O–H groups in total. The molecule has 2 amide bonds. The third-order valence-electron chi connectivity index (χ3n) is 6.62. The van der Waals surface area contributed by atoms with Crippen LogP contribution in [0.1, 0.15) is 16.8 Å².